The molecule has 0 spiro atoms. The first-order valence-corrected chi connectivity index (χ1v) is 9.89. The van der Waals surface area contributed by atoms with Gasteiger partial charge in [-0.15, -0.1) is 11.6 Å². The summed E-state index contributed by atoms with van der Waals surface area (Å²) in [6, 6.07) is 9.06. The second-order valence-corrected chi connectivity index (χ2v) is 10.1. The van der Waals surface area contributed by atoms with Gasteiger partial charge in [-0.3, -0.25) is 10.3 Å². The molecule has 1 saturated heterocycles. The minimum atomic E-state index is -3.17. The van der Waals surface area contributed by atoms with Crippen molar-refractivity contribution >= 4 is 62.1 Å². The van der Waals surface area contributed by atoms with E-state index in [1.54, 1.807) is 0 Å². The topological polar surface area (TPSA) is 60.1 Å². The predicted octanol–water partition coefficient (Wildman–Crippen LogP) is 1.03. The Kier molecular flexibility index (Phi) is 5.89. The van der Waals surface area contributed by atoms with Crippen molar-refractivity contribution < 1.29 is 13.4 Å². The van der Waals surface area contributed by atoms with E-state index in [1.165, 1.54) is 0 Å². The van der Waals surface area contributed by atoms with Gasteiger partial charge in [0, 0.05) is 0 Å². The van der Waals surface area contributed by atoms with Crippen molar-refractivity contribution in [3.63, 3.8) is 0 Å². The molecule has 1 heterocycles. The maximum absolute atomic E-state index is 11.6. The first kappa shape index (κ1) is 18.1. The minimum absolute atomic E-state index is 0.0849. The first-order valence-electron chi connectivity index (χ1n) is 6.50. The number of amidine groups is 1. The lowest BCUT2D eigenvalue weighted by Gasteiger charge is -2.16. The van der Waals surface area contributed by atoms with Gasteiger partial charge in [0.15, 0.2) is 9.84 Å². The fourth-order valence-corrected chi connectivity index (χ4v) is 5.06. The van der Waals surface area contributed by atoms with Crippen LogP contribution in [0.1, 0.15) is 5.56 Å². The average Bonchev–Trinajstić information content (AvgIpc) is 2.67. The zero-order chi connectivity index (χ0) is 16.4. The van der Waals surface area contributed by atoms with Gasteiger partial charge in [0.2, 0.25) is 0 Å². The number of sulfone groups is 1. The van der Waals surface area contributed by atoms with Crippen molar-refractivity contribution in [1.82, 2.24) is 5.32 Å². The van der Waals surface area contributed by atoms with Crippen LogP contribution in [-0.4, -0.2) is 41.0 Å². The van der Waals surface area contributed by atoms with Gasteiger partial charge in [-0.05, 0) is 5.56 Å². The Morgan fingerprint density at radius 1 is 1.23 bits per heavy atom. The molecule has 9 heteroatoms. The Hall–Kier alpha value is -0.200. The highest BCUT2D eigenvalue weighted by atomic mass is 35.6. The van der Waals surface area contributed by atoms with Crippen molar-refractivity contribution in [3.05, 3.63) is 35.9 Å². The first-order chi connectivity index (χ1) is 10.2. The summed E-state index contributed by atoms with van der Waals surface area (Å²) in [6.07, 6.45) is 0. The molecular weight excluding hydrogens is 390 g/mol. The van der Waals surface area contributed by atoms with E-state index in [0.717, 1.165) is 5.56 Å². The number of benzene rings is 1. The van der Waals surface area contributed by atoms with Crippen LogP contribution in [0.2, 0.25) is 0 Å². The molecule has 4 nitrogen and oxygen atoms in total. The van der Waals surface area contributed by atoms with Gasteiger partial charge in [0.05, 0.1) is 16.9 Å². The lowest BCUT2D eigenvalue weighted by molar-refractivity contribution is -0.478. The van der Waals surface area contributed by atoms with E-state index in [-0.39, 0.29) is 17.3 Å². The quantitative estimate of drug-likeness (QED) is 0.449. The second-order valence-electron chi connectivity index (χ2n) is 5.06. The maximum atomic E-state index is 11.6. The summed E-state index contributed by atoms with van der Waals surface area (Å²) in [5.74, 6) is 0.0466. The van der Waals surface area contributed by atoms with Crippen molar-refractivity contribution in [2.24, 2.45) is 0 Å². The van der Waals surface area contributed by atoms with E-state index >= 15 is 0 Å². The molecule has 0 unspecified atom stereocenters. The maximum Gasteiger partial charge on any atom is 0.296 e. The molecule has 0 amide bonds. The van der Waals surface area contributed by atoms with E-state index in [1.807, 2.05) is 30.3 Å². The summed E-state index contributed by atoms with van der Waals surface area (Å²) >= 11 is 23.9. The van der Waals surface area contributed by atoms with Gasteiger partial charge in [-0.25, -0.2) is 8.42 Å². The summed E-state index contributed by atoms with van der Waals surface area (Å²) in [4.78, 5) is 3.01. The van der Waals surface area contributed by atoms with Gasteiger partial charge < -0.3 is 0 Å². The van der Waals surface area contributed by atoms with Gasteiger partial charge >= 0.3 is 0 Å². The fourth-order valence-electron chi connectivity index (χ4n) is 2.14. The molecule has 2 rings (SSSR count). The van der Waals surface area contributed by atoms with Crippen molar-refractivity contribution in [3.8, 4) is 0 Å². The molecule has 1 aliphatic rings. The Morgan fingerprint density at radius 2 is 1.86 bits per heavy atom. The average molecular weight is 405 g/mol. The molecule has 122 valence electrons. The van der Waals surface area contributed by atoms with E-state index in [2.05, 4.69) is 10.3 Å². The largest absolute Gasteiger partial charge is 0.296 e. The summed E-state index contributed by atoms with van der Waals surface area (Å²) in [5.41, 5.74) is 0.998. The van der Waals surface area contributed by atoms with Crippen LogP contribution >= 0.6 is 46.4 Å². The molecule has 1 fully saturated rings. The number of hydrogen-bond donors (Lipinski definition) is 2. The van der Waals surface area contributed by atoms with Gasteiger partial charge in [-0.1, -0.05) is 65.1 Å². The monoisotopic (exact) mass is 403 g/mol. The van der Waals surface area contributed by atoms with Crippen LogP contribution in [0.3, 0.4) is 0 Å². The van der Waals surface area contributed by atoms with Crippen LogP contribution in [0.25, 0.3) is 0 Å². The smallest absolute Gasteiger partial charge is 0.271 e. The third-order valence-electron chi connectivity index (χ3n) is 3.21. The Labute approximate surface area is 149 Å². The summed E-state index contributed by atoms with van der Waals surface area (Å²) in [5, 5.41) is 2.37. The summed E-state index contributed by atoms with van der Waals surface area (Å²) < 4.78 is 21.5. The molecule has 22 heavy (non-hydrogen) atoms. The number of alkyl halides is 4. The van der Waals surface area contributed by atoms with E-state index in [4.69, 9.17) is 46.4 Å². The molecule has 2 atom stereocenters. The Morgan fingerprint density at radius 3 is 2.36 bits per heavy atom. The van der Waals surface area contributed by atoms with Crippen molar-refractivity contribution in [2.45, 2.75) is 21.8 Å². The van der Waals surface area contributed by atoms with E-state index in [9.17, 15) is 8.42 Å². The lowest BCUT2D eigenvalue weighted by Crippen LogP contribution is -2.78. The number of hydrogen-bond acceptors (Lipinski definition) is 2. The normalized spacial score (nSPS) is 25.2. The van der Waals surface area contributed by atoms with Crippen LogP contribution in [0.5, 0.6) is 0 Å². The second kappa shape index (κ2) is 7.14. The number of nitrogens with one attached hydrogen (secondary N) is 2. The zero-order valence-electron chi connectivity index (χ0n) is 11.4. The lowest BCUT2D eigenvalue weighted by atomic mass is 10.2. The molecule has 0 bridgehead atoms. The highest BCUT2D eigenvalue weighted by Gasteiger charge is 2.44. The van der Waals surface area contributed by atoms with Crippen LogP contribution in [0.15, 0.2) is 30.3 Å². The molecule has 0 radical (unpaired) electrons. The Bertz CT molecular complexity index is 644. The third kappa shape index (κ3) is 5.17. The summed E-state index contributed by atoms with van der Waals surface area (Å²) in [7, 11) is -3.17. The van der Waals surface area contributed by atoms with Crippen LogP contribution < -0.4 is 10.3 Å². The molecule has 1 aromatic carbocycles. The molecule has 1 aromatic rings. The minimum Gasteiger partial charge on any atom is -0.271 e. The van der Waals surface area contributed by atoms with Gasteiger partial charge in [0.1, 0.15) is 12.6 Å². The number of halogens is 4. The van der Waals surface area contributed by atoms with Crippen LogP contribution in [0.4, 0.5) is 0 Å². The molecule has 0 aromatic heterocycles. The van der Waals surface area contributed by atoms with E-state index in [0.29, 0.717) is 6.54 Å². The number of rotatable bonds is 3. The summed E-state index contributed by atoms with van der Waals surface area (Å²) in [6.45, 7) is 0.434. The molecule has 2 N–H and O–H groups in total. The molecular formula is C13H15Cl4N2O2S+. The van der Waals surface area contributed by atoms with Crippen molar-refractivity contribution in [2.75, 3.05) is 11.5 Å². The SMILES string of the molecule is O=S1(=O)C[C@@H](Cl)[C@H](NC(=[NH+]Cc2ccccc2)C(Cl)(Cl)Cl)C1. The fraction of sp³-hybridized carbons (Fsp3) is 0.462. The molecule has 1 aliphatic heterocycles. The highest BCUT2D eigenvalue weighted by Crippen LogP contribution is 2.26. The highest BCUT2D eigenvalue weighted by molar-refractivity contribution is 7.91. The van der Waals surface area contributed by atoms with Crippen molar-refractivity contribution in [1.29, 1.82) is 0 Å². The molecule has 0 saturated carbocycles. The standard InChI is InChI=1S/C13H14Cl4N2O2S/c14-10-7-22(20,21)8-11(10)19-12(13(15,16)17)18-6-9-4-2-1-3-5-9/h1-5,10-11H,6-8H2,(H,18,19)/p+1/t10-,11-/m1/s1. The van der Waals surface area contributed by atoms with Gasteiger partial charge in [0.25, 0.3) is 9.63 Å². The van der Waals surface area contributed by atoms with E-state index < -0.39 is 25.0 Å². The third-order valence-corrected chi connectivity index (χ3v) is 6.15. The zero-order valence-corrected chi connectivity index (χ0v) is 15.2. The predicted molar refractivity (Wildman–Crippen MR) is 91.6 cm³/mol. The van der Waals surface area contributed by atoms with Crippen LogP contribution in [-0.2, 0) is 16.4 Å². The Balaban J connectivity index is 2.14. The molecule has 0 aliphatic carbocycles. The van der Waals surface area contributed by atoms with Gasteiger partial charge in [-0.2, -0.15) is 0 Å². The van der Waals surface area contributed by atoms with Crippen LogP contribution in [0, 0.1) is 0 Å².